The highest BCUT2D eigenvalue weighted by molar-refractivity contribution is 5.96. The highest BCUT2D eigenvalue weighted by Crippen LogP contribution is 1.98. The van der Waals surface area contributed by atoms with Crippen LogP contribution in [0.2, 0.25) is 0 Å². The molecule has 0 spiro atoms. The molecule has 10 heavy (non-hydrogen) atoms. The van der Waals surface area contributed by atoms with Gasteiger partial charge in [-0.05, 0) is 12.5 Å². The summed E-state index contributed by atoms with van der Waals surface area (Å²) in [5.41, 5.74) is 0. The first kappa shape index (κ1) is 6.99. The normalized spacial score (nSPS) is 22.8. The first-order valence-corrected chi connectivity index (χ1v) is 3.17. The Kier molecular flexibility index (Phi) is 2.20. The van der Waals surface area contributed by atoms with Crippen molar-refractivity contribution in [1.29, 1.82) is 0 Å². The third-order valence-electron chi connectivity index (χ3n) is 1.22. The molecule has 54 valence electrons. The lowest BCUT2D eigenvalue weighted by Crippen LogP contribution is -2.08. The standard InChI is InChI=1S/C7H8O3/c8-6-2-1-5-10-7(9)4-3-6/h3-4H,1-2,5H2/b4-3+. The molecule has 0 amide bonds. The zero-order chi connectivity index (χ0) is 7.40. The molecule has 0 unspecified atom stereocenters. The van der Waals surface area contributed by atoms with E-state index in [0.717, 1.165) is 0 Å². The van der Waals surface area contributed by atoms with Crippen molar-refractivity contribution >= 4 is 11.8 Å². The molecule has 0 fully saturated rings. The Morgan fingerprint density at radius 3 is 2.90 bits per heavy atom. The molecule has 0 N–H and O–H groups in total. The second-order valence-electron chi connectivity index (χ2n) is 2.07. The van der Waals surface area contributed by atoms with E-state index < -0.39 is 5.97 Å². The third kappa shape index (κ3) is 2.01. The second-order valence-corrected chi connectivity index (χ2v) is 2.07. The largest absolute Gasteiger partial charge is 0.463 e. The van der Waals surface area contributed by atoms with Crippen molar-refractivity contribution < 1.29 is 14.3 Å². The first-order chi connectivity index (χ1) is 4.79. The molecule has 0 aromatic rings. The van der Waals surface area contributed by atoms with Gasteiger partial charge in [-0.1, -0.05) is 0 Å². The summed E-state index contributed by atoms with van der Waals surface area (Å²) in [6, 6.07) is 0. The topological polar surface area (TPSA) is 43.4 Å². The molecular formula is C7H8O3. The fraction of sp³-hybridized carbons (Fsp3) is 0.429. The van der Waals surface area contributed by atoms with Crippen LogP contribution < -0.4 is 0 Å². The summed E-state index contributed by atoms with van der Waals surface area (Å²) < 4.78 is 4.65. The second kappa shape index (κ2) is 3.15. The van der Waals surface area contributed by atoms with E-state index in [2.05, 4.69) is 4.74 Å². The van der Waals surface area contributed by atoms with Crippen LogP contribution in [0, 0.1) is 0 Å². The highest BCUT2D eigenvalue weighted by Gasteiger charge is 2.04. The average molecular weight is 140 g/mol. The number of carbonyl (C=O) groups excluding carboxylic acids is 2. The van der Waals surface area contributed by atoms with E-state index in [4.69, 9.17) is 0 Å². The maximum atomic E-state index is 10.7. The minimum absolute atomic E-state index is 0.00310. The molecule has 0 bridgehead atoms. The van der Waals surface area contributed by atoms with Crippen LogP contribution in [0.15, 0.2) is 12.2 Å². The number of ketones is 1. The van der Waals surface area contributed by atoms with Gasteiger partial charge in [0.05, 0.1) is 6.61 Å². The Labute approximate surface area is 58.7 Å². The minimum Gasteiger partial charge on any atom is -0.463 e. The molecule has 0 aromatic heterocycles. The average Bonchev–Trinajstić information content (AvgIpc) is 1.90. The number of allylic oxidation sites excluding steroid dienone is 1. The molecule has 1 rings (SSSR count). The van der Waals surface area contributed by atoms with Crippen LogP contribution >= 0.6 is 0 Å². The molecule has 1 aliphatic rings. The van der Waals surface area contributed by atoms with Crippen molar-refractivity contribution in [2.75, 3.05) is 6.61 Å². The van der Waals surface area contributed by atoms with Crippen LogP contribution in [0.25, 0.3) is 0 Å². The summed E-state index contributed by atoms with van der Waals surface area (Å²) in [7, 11) is 0. The van der Waals surface area contributed by atoms with Gasteiger partial charge < -0.3 is 4.74 Å². The lowest BCUT2D eigenvalue weighted by atomic mass is 10.2. The lowest BCUT2D eigenvalue weighted by molar-refractivity contribution is -0.138. The SMILES string of the molecule is O=C1/C=C/C(=O)OCCC1. The van der Waals surface area contributed by atoms with E-state index in [1.165, 1.54) is 12.2 Å². The molecule has 0 saturated heterocycles. The van der Waals surface area contributed by atoms with Crippen LogP contribution in [-0.4, -0.2) is 18.4 Å². The molecule has 0 saturated carbocycles. The van der Waals surface area contributed by atoms with Crippen molar-refractivity contribution in [1.82, 2.24) is 0 Å². The smallest absolute Gasteiger partial charge is 0.330 e. The summed E-state index contributed by atoms with van der Waals surface area (Å²) in [5.74, 6) is -0.426. The Balaban J connectivity index is 2.58. The van der Waals surface area contributed by atoms with Gasteiger partial charge in [0.1, 0.15) is 0 Å². The third-order valence-corrected chi connectivity index (χ3v) is 1.22. The van der Waals surface area contributed by atoms with Gasteiger partial charge in [0.2, 0.25) is 0 Å². The molecule has 0 aliphatic carbocycles. The fourth-order valence-electron chi connectivity index (χ4n) is 0.712. The molecule has 3 heteroatoms. The maximum absolute atomic E-state index is 10.7. The maximum Gasteiger partial charge on any atom is 0.330 e. The van der Waals surface area contributed by atoms with Crippen LogP contribution in [0.1, 0.15) is 12.8 Å². The number of ether oxygens (including phenoxy) is 1. The van der Waals surface area contributed by atoms with Gasteiger partial charge in [0, 0.05) is 12.5 Å². The summed E-state index contributed by atoms with van der Waals surface area (Å²) in [4.78, 5) is 21.2. The van der Waals surface area contributed by atoms with Gasteiger partial charge in [-0.2, -0.15) is 0 Å². The molecule has 3 nitrogen and oxygen atoms in total. The monoisotopic (exact) mass is 140 g/mol. The predicted octanol–water partition coefficient (Wildman–Crippen LogP) is 0.449. The van der Waals surface area contributed by atoms with Gasteiger partial charge in [-0.25, -0.2) is 4.79 Å². The molecule has 0 radical (unpaired) electrons. The number of carbonyl (C=O) groups is 2. The summed E-state index contributed by atoms with van der Waals surface area (Å²) >= 11 is 0. The molecule has 0 aromatic carbocycles. The van der Waals surface area contributed by atoms with E-state index >= 15 is 0 Å². The zero-order valence-electron chi connectivity index (χ0n) is 5.50. The van der Waals surface area contributed by atoms with E-state index in [1.54, 1.807) is 0 Å². The Morgan fingerprint density at radius 1 is 1.30 bits per heavy atom. The summed E-state index contributed by atoms with van der Waals surface area (Å²) in [5, 5.41) is 0. The molecule has 1 aliphatic heterocycles. The summed E-state index contributed by atoms with van der Waals surface area (Å²) in [6.45, 7) is 0.356. The predicted molar refractivity (Wildman–Crippen MR) is 34.3 cm³/mol. The van der Waals surface area contributed by atoms with Gasteiger partial charge in [-0.3, -0.25) is 4.79 Å². The fourth-order valence-corrected chi connectivity index (χ4v) is 0.712. The summed E-state index contributed by atoms with van der Waals surface area (Å²) in [6.07, 6.45) is 3.54. The highest BCUT2D eigenvalue weighted by atomic mass is 16.5. The number of hydrogen-bond donors (Lipinski definition) is 0. The minimum atomic E-state index is -0.423. The van der Waals surface area contributed by atoms with Gasteiger partial charge in [-0.15, -0.1) is 0 Å². The van der Waals surface area contributed by atoms with Crippen LogP contribution in [0.3, 0.4) is 0 Å². The zero-order valence-corrected chi connectivity index (χ0v) is 5.50. The van der Waals surface area contributed by atoms with Gasteiger partial charge in [0.25, 0.3) is 0 Å². The Bertz CT molecular complexity index is 161. The van der Waals surface area contributed by atoms with Crippen molar-refractivity contribution in [3.63, 3.8) is 0 Å². The quantitative estimate of drug-likeness (QED) is 0.459. The van der Waals surface area contributed by atoms with E-state index in [1.807, 2.05) is 0 Å². The Morgan fingerprint density at radius 2 is 2.10 bits per heavy atom. The molecule has 0 atom stereocenters. The van der Waals surface area contributed by atoms with Crippen LogP contribution in [0.5, 0.6) is 0 Å². The molecule has 1 heterocycles. The van der Waals surface area contributed by atoms with Crippen molar-refractivity contribution in [3.05, 3.63) is 12.2 Å². The number of rotatable bonds is 0. The van der Waals surface area contributed by atoms with Gasteiger partial charge >= 0.3 is 5.97 Å². The van der Waals surface area contributed by atoms with E-state index in [0.29, 0.717) is 19.4 Å². The van der Waals surface area contributed by atoms with E-state index in [-0.39, 0.29) is 5.78 Å². The number of cyclic esters (lactones) is 1. The van der Waals surface area contributed by atoms with Gasteiger partial charge in [0.15, 0.2) is 5.78 Å². The molecular weight excluding hydrogens is 132 g/mol. The van der Waals surface area contributed by atoms with Crippen LogP contribution in [0.4, 0.5) is 0 Å². The number of esters is 1. The van der Waals surface area contributed by atoms with Crippen LogP contribution in [-0.2, 0) is 14.3 Å². The Hall–Kier alpha value is -1.12. The first-order valence-electron chi connectivity index (χ1n) is 3.17. The van der Waals surface area contributed by atoms with Crippen molar-refractivity contribution in [3.8, 4) is 0 Å². The number of hydrogen-bond acceptors (Lipinski definition) is 3. The lowest BCUT2D eigenvalue weighted by Gasteiger charge is -2.02. The van der Waals surface area contributed by atoms with E-state index in [9.17, 15) is 9.59 Å². The van der Waals surface area contributed by atoms with Crippen molar-refractivity contribution in [2.24, 2.45) is 0 Å². The van der Waals surface area contributed by atoms with Crippen molar-refractivity contribution in [2.45, 2.75) is 12.8 Å².